The van der Waals surface area contributed by atoms with Crippen LogP contribution in [0.4, 0.5) is 17.2 Å². The molecule has 2 N–H and O–H groups in total. The normalized spacial score (nSPS) is 11.7. The Balaban J connectivity index is 2.06. The molecule has 2 heterocycles. The fourth-order valence-corrected chi connectivity index (χ4v) is 2.62. The number of nitrogens with zero attached hydrogens (tertiary/aromatic N) is 5. The van der Waals surface area contributed by atoms with E-state index in [1.807, 2.05) is 39.0 Å². The molecule has 0 saturated heterocycles. The molecule has 9 nitrogen and oxygen atoms in total. The van der Waals surface area contributed by atoms with E-state index in [0.717, 1.165) is 0 Å². The molecule has 0 aliphatic carbocycles. The summed E-state index contributed by atoms with van der Waals surface area (Å²) >= 11 is 0. The van der Waals surface area contributed by atoms with Crippen LogP contribution < -0.4 is 10.3 Å². The first kappa shape index (κ1) is 19.1. The van der Waals surface area contributed by atoms with Gasteiger partial charge in [0.05, 0.1) is 18.9 Å². The number of aromatic amines is 2. The molecule has 0 unspecified atom stereocenters. The summed E-state index contributed by atoms with van der Waals surface area (Å²) in [6.07, 6.45) is 0. The number of ether oxygens (including phenoxy) is 1. The quantitative estimate of drug-likeness (QED) is 0.502. The zero-order valence-corrected chi connectivity index (χ0v) is 16.1. The van der Waals surface area contributed by atoms with Crippen molar-refractivity contribution in [3.8, 4) is 11.6 Å². The highest BCUT2D eigenvalue weighted by Gasteiger charge is 2.24. The minimum absolute atomic E-state index is 0.0157. The van der Waals surface area contributed by atoms with Crippen molar-refractivity contribution in [1.29, 1.82) is 0 Å². The molecule has 0 aliphatic rings. The highest BCUT2D eigenvalue weighted by molar-refractivity contribution is 5.67. The van der Waals surface area contributed by atoms with Crippen molar-refractivity contribution in [3.63, 3.8) is 0 Å². The highest BCUT2D eigenvalue weighted by atomic mass is 16.5. The Morgan fingerprint density at radius 3 is 2.57 bits per heavy atom. The molecule has 28 heavy (non-hydrogen) atoms. The van der Waals surface area contributed by atoms with Crippen molar-refractivity contribution in [1.82, 2.24) is 20.0 Å². The number of aromatic nitrogens is 4. The lowest BCUT2D eigenvalue weighted by Gasteiger charge is -2.16. The second kappa shape index (κ2) is 7.52. The lowest BCUT2D eigenvalue weighted by molar-refractivity contribution is 0.325. The van der Waals surface area contributed by atoms with Gasteiger partial charge in [0.25, 0.3) is 5.69 Å². The van der Waals surface area contributed by atoms with Crippen LogP contribution in [-0.4, -0.2) is 26.6 Å². The third kappa shape index (κ3) is 3.57. The van der Waals surface area contributed by atoms with Crippen LogP contribution in [0.3, 0.4) is 0 Å². The van der Waals surface area contributed by atoms with E-state index in [4.69, 9.17) is 11.3 Å². The van der Waals surface area contributed by atoms with E-state index in [2.05, 4.69) is 30.4 Å². The summed E-state index contributed by atoms with van der Waals surface area (Å²) in [6.45, 7) is 15.5. The summed E-state index contributed by atoms with van der Waals surface area (Å²) in [7, 11) is 0. The Morgan fingerprint density at radius 1 is 1.25 bits per heavy atom. The molecule has 0 bridgehead atoms. The average molecular weight is 379 g/mol. The van der Waals surface area contributed by atoms with Crippen LogP contribution in [0, 0.1) is 6.57 Å². The Labute approximate surface area is 161 Å². The summed E-state index contributed by atoms with van der Waals surface area (Å²) in [6, 6.07) is 9.08. The third-order valence-corrected chi connectivity index (χ3v) is 3.97. The van der Waals surface area contributed by atoms with Gasteiger partial charge in [-0.1, -0.05) is 39.0 Å². The molecular weight excluding hydrogens is 358 g/mol. The average Bonchev–Trinajstić information content (AvgIpc) is 3.22. The SMILES string of the molecule is [C-]#[N+]c1c(N=Nc2c(OCC)[nH]n(-c3ccccc3)c2=O)n[nH]c1C(C)(C)C. The first-order chi connectivity index (χ1) is 13.4. The number of nitrogens with one attached hydrogen (secondary N) is 2. The van der Waals surface area contributed by atoms with Crippen molar-refractivity contribution < 1.29 is 4.74 Å². The van der Waals surface area contributed by atoms with Gasteiger partial charge in [-0.3, -0.25) is 15.0 Å². The fraction of sp³-hybridized carbons (Fsp3) is 0.316. The molecule has 9 heteroatoms. The van der Waals surface area contributed by atoms with Crippen LogP contribution in [0.25, 0.3) is 10.5 Å². The van der Waals surface area contributed by atoms with Gasteiger partial charge in [-0.15, -0.1) is 10.2 Å². The standard InChI is InChI=1S/C19H21N7O2/c1-6-28-17-14(18(27)26(25-17)12-10-8-7-9-11-12)21-23-16-13(20-5)15(22-24-16)19(2,3)4/h7-11,25H,6H2,1-4H3,(H,22,24). The lowest BCUT2D eigenvalue weighted by Crippen LogP contribution is -2.13. The summed E-state index contributed by atoms with van der Waals surface area (Å²) in [4.78, 5) is 16.3. The van der Waals surface area contributed by atoms with Gasteiger partial charge in [-0.05, 0) is 24.5 Å². The monoisotopic (exact) mass is 379 g/mol. The van der Waals surface area contributed by atoms with Gasteiger partial charge in [-0.25, -0.2) is 9.53 Å². The number of rotatable bonds is 5. The minimum atomic E-state index is -0.408. The fourth-order valence-electron chi connectivity index (χ4n) is 2.62. The van der Waals surface area contributed by atoms with Crippen LogP contribution in [0.1, 0.15) is 33.4 Å². The van der Waals surface area contributed by atoms with E-state index in [1.54, 1.807) is 19.1 Å². The number of H-pyrrole nitrogens is 2. The number of para-hydroxylation sites is 1. The van der Waals surface area contributed by atoms with Crippen LogP contribution in [-0.2, 0) is 5.41 Å². The Bertz CT molecular complexity index is 1090. The first-order valence-corrected chi connectivity index (χ1v) is 8.78. The Kier molecular flexibility index (Phi) is 5.13. The topological polar surface area (TPSA) is 105 Å². The minimum Gasteiger partial charge on any atom is -0.477 e. The van der Waals surface area contributed by atoms with Crippen molar-refractivity contribution in [3.05, 3.63) is 57.8 Å². The second-order valence-electron chi connectivity index (χ2n) is 7.03. The zero-order valence-electron chi connectivity index (χ0n) is 16.1. The maximum absolute atomic E-state index is 12.8. The van der Waals surface area contributed by atoms with E-state index in [1.165, 1.54) is 4.68 Å². The van der Waals surface area contributed by atoms with Crippen LogP contribution in [0.2, 0.25) is 0 Å². The van der Waals surface area contributed by atoms with E-state index < -0.39 is 5.56 Å². The van der Waals surface area contributed by atoms with Gasteiger partial charge in [0, 0.05) is 5.69 Å². The predicted octanol–water partition coefficient (Wildman–Crippen LogP) is 4.55. The van der Waals surface area contributed by atoms with Gasteiger partial charge in [0.1, 0.15) is 0 Å². The highest BCUT2D eigenvalue weighted by Crippen LogP contribution is 2.37. The van der Waals surface area contributed by atoms with Crippen molar-refractivity contribution >= 4 is 17.2 Å². The number of azo groups is 1. The zero-order chi connectivity index (χ0) is 20.3. The molecule has 144 valence electrons. The van der Waals surface area contributed by atoms with Gasteiger partial charge in [0.15, 0.2) is 0 Å². The molecule has 0 fully saturated rings. The molecule has 2 aromatic heterocycles. The van der Waals surface area contributed by atoms with Gasteiger partial charge < -0.3 is 4.74 Å². The number of benzene rings is 1. The van der Waals surface area contributed by atoms with E-state index in [9.17, 15) is 4.79 Å². The molecular formula is C19H21N7O2. The summed E-state index contributed by atoms with van der Waals surface area (Å²) in [5, 5.41) is 17.9. The van der Waals surface area contributed by atoms with Crippen molar-refractivity contribution in [2.24, 2.45) is 10.2 Å². The maximum Gasteiger partial charge on any atom is 0.303 e. The molecule has 3 rings (SSSR count). The van der Waals surface area contributed by atoms with Gasteiger partial charge in [0.2, 0.25) is 17.4 Å². The van der Waals surface area contributed by atoms with Crippen LogP contribution in [0.5, 0.6) is 5.88 Å². The summed E-state index contributed by atoms with van der Waals surface area (Å²) < 4.78 is 6.84. The first-order valence-electron chi connectivity index (χ1n) is 8.78. The third-order valence-electron chi connectivity index (χ3n) is 3.97. The molecule has 0 aliphatic heterocycles. The molecule has 0 radical (unpaired) electrons. The molecule has 0 saturated carbocycles. The van der Waals surface area contributed by atoms with Gasteiger partial charge in [-0.2, -0.15) is 5.10 Å². The van der Waals surface area contributed by atoms with Crippen LogP contribution in [0.15, 0.2) is 45.4 Å². The lowest BCUT2D eigenvalue weighted by atomic mass is 9.91. The van der Waals surface area contributed by atoms with E-state index in [-0.39, 0.29) is 28.5 Å². The molecule has 0 spiro atoms. The van der Waals surface area contributed by atoms with E-state index >= 15 is 0 Å². The van der Waals surface area contributed by atoms with E-state index in [0.29, 0.717) is 18.0 Å². The van der Waals surface area contributed by atoms with Gasteiger partial charge >= 0.3 is 5.56 Å². The maximum atomic E-state index is 12.8. The largest absolute Gasteiger partial charge is 0.477 e. The predicted molar refractivity (Wildman–Crippen MR) is 105 cm³/mol. The Morgan fingerprint density at radius 2 is 1.96 bits per heavy atom. The molecule has 0 atom stereocenters. The molecule has 0 amide bonds. The smallest absolute Gasteiger partial charge is 0.303 e. The Hall–Kier alpha value is -3.67. The molecule has 1 aromatic carbocycles. The molecule has 3 aromatic rings. The van der Waals surface area contributed by atoms with Crippen molar-refractivity contribution in [2.45, 2.75) is 33.1 Å². The number of hydrogen-bond acceptors (Lipinski definition) is 5. The van der Waals surface area contributed by atoms with Crippen LogP contribution >= 0.6 is 0 Å². The summed E-state index contributed by atoms with van der Waals surface area (Å²) in [5.41, 5.74) is 0.902. The van der Waals surface area contributed by atoms with Crippen molar-refractivity contribution in [2.75, 3.05) is 6.61 Å². The number of hydrogen-bond donors (Lipinski definition) is 2. The summed E-state index contributed by atoms with van der Waals surface area (Å²) in [5.74, 6) is 0.338. The second-order valence-corrected chi connectivity index (χ2v) is 7.03.